The second kappa shape index (κ2) is 5.98. The molecular formula is C14H15F2NO3. The van der Waals surface area contributed by atoms with E-state index in [1.165, 1.54) is 6.07 Å². The Kier molecular flexibility index (Phi) is 4.32. The van der Waals surface area contributed by atoms with E-state index < -0.39 is 41.9 Å². The minimum Gasteiger partial charge on any atom is -0.481 e. The first-order chi connectivity index (χ1) is 9.49. The Labute approximate surface area is 114 Å². The van der Waals surface area contributed by atoms with E-state index in [9.17, 15) is 18.4 Å². The van der Waals surface area contributed by atoms with Crippen LogP contribution in [0.4, 0.5) is 8.78 Å². The molecule has 0 heterocycles. The minimum absolute atomic E-state index is 0.296. The number of carbonyl (C=O) groups is 2. The van der Waals surface area contributed by atoms with Gasteiger partial charge in [-0.3, -0.25) is 9.59 Å². The number of carbonyl (C=O) groups excluding carboxylic acids is 1. The van der Waals surface area contributed by atoms with Gasteiger partial charge in [0.2, 0.25) is 5.91 Å². The van der Waals surface area contributed by atoms with Gasteiger partial charge in [-0.25, -0.2) is 8.78 Å². The maximum Gasteiger partial charge on any atom is 0.308 e. The predicted molar refractivity (Wildman–Crippen MR) is 67.0 cm³/mol. The van der Waals surface area contributed by atoms with Crippen LogP contribution in [0, 0.1) is 17.6 Å². The van der Waals surface area contributed by atoms with Crippen LogP contribution in [0.15, 0.2) is 18.2 Å². The van der Waals surface area contributed by atoms with Crippen molar-refractivity contribution in [1.29, 1.82) is 0 Å². The molecule has 6 heteroatoms. The van der Waals surface area contributed by atoms with Crippen LogP contribution >= 0.6 is 0 Å². The summed E-state index contributed by atoms with van der Waals surface area (Å²) in [5.41, 5.74) is -0.296. The lowest BCUT2D eigenvalue weighted by Crippen LogP contribution is -2.41. The summed E-state index contributed by atoms with van der Waals surface area (Å²) in [6.45, 7) is 0. The molecule has 1 saturated carbocycles. The molecule has 1 aromatic carbocycles. The van der Waals surface area contributed by atoms with Crippen LogP contribution in [0.2, 0.25) is 0 Å². The molecule has 0 aliphatic heterocycles. The van der Waals surface area contributed by atoms with E-state index in [1.54, 1.807) is 0 Å². The lowest BCUT2D eigenvalue weighted by molar-refractivity contribution is -0.142. The highest BCUT2D eigenvalue weighted by Crippen LogP contribution is 2.26. The van der Waals surface area contributed by atoms with E-state index in [0.717, 1.165) is 18.6 Å². The number of aliphatic carboxylic acids is 1. The number of amides is 1. The van der Waals surface area contributed by atoms with Crippen molar-refractivity contribution in [2.24, 2.45) is 5.92 Å². The molecular weight excluding hydrogens is 268 g/mol. The van der Waals surface area contributed by atoms with Gasteiger partial charge in [0.15, 0.2) is 0 Å². The van der Waals surface area contributed by atoms with E-state index in [-0.39, 0.29) is 5.56 Å². The number of halogens is 2. The zero-order valence-electron chi connectivity index (χ0n) is 10.7. The number of carboxylic acids is 1. The van der Waals surface area contributed by atoms with Crippen LogP contribution in [0.25, 0.3) is 0 Å². The standard InChI is InChI=1S/C14H15F2NO3/c15-10-4-2-5-11(16)9(10)7-13(18)17-12-6-1-3-8(12)14(19)20/h2,4-5,8,12H,1,3,6-7H2,(H,17,18)(H,19,20)/t8-,12-/m1/s1. The van der Waals surface area contributed by atoms with Gasteiger partial charge in [-0.2, -0.15) is 0 Å². The number of rotatable bonds is 4. The monoisotopic (exact) mass is 283 g/mol. The van der Waals surface area contributed by atoms with Crippen molar-refractivity contribution >= 4 is 11.9 Å². The minimum atomic E-state index is -0.954. The molecule has 0 saturated heterocycles. The summed E-state index contributed by atoms with van der Waals surface area (Å²) in [6.07, 6.45) is 1.37. The predicted octanol–water partition coefficient (Wildman–Crippen LogP) is 1.88. The molecule has 0 radical (unpaired) electrons. The average molecular weight is 283 g/mol. The zero-order valence-corrected chi connectivity index (χ0v) is 10.7. The fraction of sp³-hybridized carbons (Fsp3) is 0.429. The SMILES string of the molecule is O=C(Cc1c(F)cccc1F)N[C@@H]1CCC[C@H]1C(=O)O. The largest absolute Gasteiger partial charge is 0.481 e. The van der Waals surface area contributed by atoms with Gasteiger partial charge < -0.3 is 10.4 Å². The molecule has 1 aliphatic carbocycles. The fourth-order valence-electron chi connectivity index (χ4n) is 2.55. The summed E-state index contributed by atoms with van der Waals surface area (Å²) in [5, 5.41) is 11.6. The molecule has 2 atom stereocenters. The lowest BCUT2D eigenvalue weighted by Gasteiger charge is -2.17. The molecule has 1 fully saturated rings. The van der Waals surface area contributed by atoms with Gasteiger partial charge in [0.05, 0.1) is 12.3 Å². The third-order valence-electron chi connectivity index (χ3n) is 3.58. The van der Waals surface area contributed by atoms with Gasteiger partial charge in [-0.1, -0.05) is 12.5 Å². The van der Waals surface area contributed by atoms with Gasteiger partial charge >= 0.3 is 5.97 Å². The topological polar surface area (TPSA) is 66.4 Å². The molecule has 1 aliphatic rings. The molecule has 20 heavy (non-hydrogen) atoms. The molecule has 108 valence electrons. The highest BCUT2D eigenvalue weighted by Gasteiger charge is 2.33. The Morgan fingerprint density at radius 3 is 2.50 bits per heavy atom. The number of benzene rings is 1. The van der Waals surface area contributed by atoms with E-state index >= 15 is 0 Å². The molecule has 0 aromatic heterocycles. The average Bonchev–Trinajstić information content (AvgIpc) is 2.82. The Balaban J connectivity index is 2.01. The van der Waals surface area contributed by atoms with Crippen molar-refractivity contribution in [3.63, 3.8) is 0 Å². The molecule has 0 unspecified atom stereocenters. The molecule has 2 rings (SSSR count). The van der Waals surface area contributed by atoms with Crippen LogP contribution in [0.1, 0.15) is 24.8 Å². The van der Waals surface area contributed by atoms with E-state index in [2.05, 4.69) is 5.32 Å². The normalized spacial score (nSPS) is 21.7. The first kappa shape index (κ1) is 14.4. The van der Waals surface area contributed by atoms with Crippen molar-refractivity contribution in [2.45, 2.75) is 31.7 Å². The first-order valence-electron chi connectivity index (χ1n) is 6.44. The Morgan fingerprint density at radius 1 is 1.25 bits per heavy atom. The van der Waals surface area contributed by atoms with Gasteiger partial charge in [0.25, 0.3) is 0 Å². The van der Waals surface area contributed by atoms with Crippen molar-refractivity contribution < 1.29 is 23.5 Å². The van der Waals surface area contributed by atoms with Crippen molar-refractivity contribution in [1.82, 2.24) is 5.32 Å². The summed E-state index contributed by atoms with van der Waals surface area (Å²) < 4.78 is 26.8. The summed E-state index contributed by atoms with van der Waals surface area (Å²) in [5.74, 6) is -3.69. The van der Waals surface area contributed by atoms with Crippen LogP contribution in [-0.4, -0.2) is 23.0 Å². The van der Waals surface area contributed by atoms with Gasteiger partial charge in [0, 0.05) is 11.6 Å². The second-order valence-electron chi connectivity index (χ2n) is 4.93. The smallest absolute Gasteiger partial charge is 0.308 e. The van der Waals surface area contributed by atoms with Crippen LogP contribution in [0.5, 0.6) is 0 Å². The third-order valence-corrected chi connectivity index (χ3v) is 3.58. The number of hydrogen-bond acceptors (Lipinski definition) is 2. The summed E-state index contributed by atoms with van der Waals surface area (Å²) >= 11 is 0. The maximum atomic E-state index is 13.4. The molecule has 0 spiro atoms. The Bertz CT molecular complexity index is 513. The van der Waals surface area contributed by atoms with E-state index in [1.807, 2.05) is 0 Å². The first-order valence-corrected chi connectivity index (χ1v) is 6.44. The van der Waals surface area contributed by atoms with Crippen LogP contribution < -0.4 is 5.32 Å². The van der Waals surface area contributed by atoms with E-state index in [4.69, 9.17) is 5.11 Å². The second-order valence-corrected chi connectivity index (χ2v) is 4.93. The fourth-order valence-corrected chi connectivity index (χ4v) is 2.55. The van der Waals surface area contributed by atoms with Gasteiger partial charge in [-0.15, -0.1) is 0 Å². The molecule has 0 bridgehead atoms. The Morgan fingerprint density at radius 2 is 1.90 bits per heavy atom. The molecule has 1 amide bonds. The number of hydrogen-bond donors (Lipinski definition) is 2. The van der Waals surface area contributed by atoms with E-state index in [0.29, 0.717) is 12.8 Å². The van der Waals surface area contributed by atoms with Gasteiger partial charge in [0.1, 0.15) is 11.6 Å². The zero-order chi connectivity index (χ0) is 14.7. The third kappa shape index (κ3) is 3.12. The highest BCUT2D eigenvalue weighted by atomic mass is 19.1. The van der Waals surface area contributed by atoms with Crippen LogP contribution in [0.3, 0.4) is 0 Å². The molecule has 2 N–H and O–H groups in total. The lowest BCUT2D eigenvalue weighted by atomic mass is 10.0. The van der Waals surface area contributed by atoms with Crippen molar-refractivity contribution in [3.8, 4) is 0 Å². The summed E-state index contributed by atoms with van der Waals surface area (Å²) in [4.78, 5) is 22.8. The molecule has 1 aromatic rings. The van der Waals surface area contributed by atoms with Crippen molar-refractivity contribution in [3.05, 3.63) is 35.4 Å². The number of carboxylic acid groups (broad SMARTS) is 1. The number of nitrogens with one attached hydrogen (secondary N) is 1. The molecule has 4 nitrogen and oxygen atoms in total. The van der Waals surface area contributed by atoms with Crippen LogP contribution in [-0.2, 0) is 16.0 Å². The maximum absolute atomic E-state index is 13.4. The quantitative estimate of drug-likeness (QED) is 0.886. The van der Waals surface area contributed by atoms with Gasteiger partial charge in [-0.05, 0) is 25.0 Å². The summed E-state index contributed by atoms with van der Waals surface area (Å²) in [7, 11) is 0. The van der Waals surface area contributed by atoms with Crippen molar-refractivity contribution in [2.75, 3.05) is 0 Å². The highest BCUT2D eigenvalue weighted by molar-refractivity contribution is 5.80. The summed E-state index contributed by atoms with van der Waals surface area (Å²) in [6, 6.07) is 2.93. The Hall–Kier alpha value is -1.98.